The van der Waals surface area contributed by atoms with Gasteiger partial charge in [0.2, 0.25) is 10.0 Å². The van der Waals surface area contributed by atoms with Gasteiger partial charge in [0.25, 0.3) is 5.69 Å². The van der Waals surface area contributed by atoms with E-state index in [-0.39, 0.29) is 17.3 Å². The van der Waals surface area contributed by atoms with E-state index in [9.17, 15) is 18.5 Å². The van der Waals surface area contributed by atoms with Crippen molar-refractivity contribution in [1.82, 2.24) is 9.62 Å². The van der Waals surface area contributed by atoms with Crippen molar-refractivity contribution in [2.24, 2.45) is 0 Å². The first-order valence-corrected chi connectivity index (χ1v) is 7.81. The summed E-state index contributed by atoms with van der Waals surface area (Å²) < 4.78 is 26.6. The molecule has 7 nitrogen and oxygen atoms in total. The van der Waals surface area contributed by atoms with Gasteiger partial charge < -0.3 is 5.32 Å². The summed E-state index contributed by atoms with van der Waals surface area (Å²) in [6, 6.07) is 3.92. The Bertz CT molecular complexity index is 605. The molecule has 1 aromatic rings. The molecule has 1 N–H and O–H groups in total. The number of benzene rings is 1. The van der Waals surface area contributed by atoms with Crippen LogP contribution in [0.2, 0.25) is 0 Å². The van der Waals surface area contributed by atoms with Crippen LogP contribution in [0.15, 0.2) is 27.6 Å². The van der Waals surface area contributed by atoms with Gasteiger partial charge in [0.15, 0.2) is 4.90 Å². The Labute approximate surface area is 131 Å². The molecule has 1 aliphatic heterocycles. The van der Waals surface area contributed by atoms with Gasteiger partial charge in [-0.3, -0.25) is 10.1 Å². The van der Waals surface area contributed by atoms with Crippen molar-refractivity contribution in [3.05, 3.63) is 32.8 Å². The molecule has 0 atom stereocenters. The predicted molar refractivity (Wildman–Crippen MR) is 79.7 cm³/mol. The summed E-state index contributed by atoms with van der Waals surface area (Å²) in [4.78, 5) is 10.0. The maximum Gasteiger partial charge on any atom is 0.289 e. The lowest BCUT2D eigenvalue weighted by Gasteiger charge is -2.26. The van der Waals surface area contributed by atoms with E-state index in [1.807, 2.05) is 0 Å². The number of hydrogen-bond donors (Lipinski definition) is 1. The molecule has 0 unspecified atom stereocenters. The van der Waals surface area contributed by atoms with Crippen LogP contribution in [0.5, 0.6) is 0 Å². The monoisotopic (exact) mass is 385 g/mol. The van der Waals surface area contributed by atoms with Crippen LogP contribution in [-0.4, -0.2) is 43.8 Å². The van der Waals surface area contributed by atoms with E-state index in [0.29, 0.717) is 30.7 Å². The number of nitrogens with zero attached hydrogens (tertiary/aromatic N) is 2. The fourth-order valence-electron chi connectivity index (χ4n) is 1.87. The molecule has 10 heteroatoms. The number of nitrogens with one attached hydrogen (secondary N) is 1. The van der Waals surface area contributed by atoms with E-state index in [0.717, 1.165) is 0 Å². The van der Waals surface area contributed by atoms with Gasteiger partial charge in [0.1, 0.15) is 0 Å². The third kappa shape index (κ3) is 3.47. The van der Waals surface area contributed by atoms with Crippen molar-refractivity contribution < 1.29 is 13.3 Å². The van der Waals surface area contributed by atoms with Crippen LogP contribution < -0.4 is 5.32 Å². The predicted octanol–water partition coefficient (Wildman–Crippen LogP) is 1.37. The summed E-state index contributed by atoms with van der Waals surface area (Å²) in [5.41, 5.74) is -0.401. The number of sulfonamides is 1. The quantitative estimate of drug-likeness (QED) is 0.626. The molecule has 0 saturated carbocycles. The van der Waals surface area contributed by atoms with Crippen LogP contribution in [0.1, 0.15) is 0 Å². The second-order valence-electron chi connectivity index (χ2n) is 4.02. The number of nitro groups is 1. The van der Waals surface area contributed by atoms with Crippen LogP contribution in [-0.2, 0) is 10.0 Å². The third-order valence-corrected chi connectivity index (χ3v) is 5.23. The smallest absolute Gasteiger partial charge is 0.289 e. The Morgan fingerprint density at radius 3 is 2.45 bits per heavy atom. The average Bonchev–Trinajstić information content (AvgIpc) is 2.39. The Hall–Kier alpha value is -0.740. The topological polar surface area (TPSA) is 92.5 Å². The molecule has 0 amide bonds. The third-order valence-electron chi connectivity index (χ3n) is 2.81. The molecule has 0 aliphatic carbocycles. The number of piperazine rings is 1. The second-order valence-corrected chi connectivity index (χ2v) is 6.85. The van der Waals surface area contributed by atoms with E-state index in [1.54, 1.807) is 0 Å². The highest BCUT2D eigenvalue weighted by Gasteiger charge is 2.32. The number of rotatable bonds is 3. The molecule has 0 radical (unpaired) electrons. The minimum Gasteiger partial charge on any atom is -0.314 e. The van der Waals surface area contributed by atoms with Crippen molar-refractivity contribution in [1.29, 1.82) is 0 Å². The first kappa shape index (κ1) is 17.3. The summed E-state index contributed by atoms with van der Waals surface area (Å²) in [6.07, 6.45) is 0. The van der Waals surface area contributed by atoms with E-state index < -0.39 is 20.6 Å². The van der Waals surface area contributed by atoms with Crippen LogP contribution in [0.4, 0.5) is 5.69 Å². The highest BCUT2D eigenvalue weighted by atomic mass is 79.9. The van der Waals surface area contributed by atoms with Crippen LogP contribution in [0.25, 0.3) is 0 Å². The van der Waals surface area contributed by atoms with Crippen molar-refractivity contribution in [2.75, 3.05) is 26.2 Å². The molecule has 0 spiro atoms. The van der Waals surface area contributed by atoms with Crippen molar-refractivity contribution in [2.45, 2.75) is 4.90 Å². The van der Waals surface area contributed by atoms with Crippen molar-refractivity contribution in [3.63, 3.8) is 0 Å². The van der Waals surface area contributed by atoms with E-state index in [4.69, 9.17) is 0 Å². The normalized spacial score (nSPS) is 16.4. The molecule has 1 heterocycles. The first-order chi connectivity index (χ1) is 8.93. The molecule has 1 aromatic carbocycles. The Balaban J connectivity index is 0.00000200. The molecule has 112 valence electrons. The SMILES string of the molecule is Cl.O=[N+]([O-])c1ccc(Br)cc1S(=O)(=O)N1CCNCC1. The second kappa shape index (κ2) is 6.81. The molecule has 2 rings (SSSR count). The van der Waals surface area contributed by atoms with Gasteiger partial charge in [0, 0.05) is 36.7 Å². The highest BCUT2D eigenvalue weighted by molar-refractivity contribution is 9.10. The van der Waals surface area contributed by atoms with Gasteiger partial charge >= 0.3 is 0 Å². The van der Waals surface area contributed by atoms with Gasteiger partial charge in [-0.1, -0.05) is 15.9 Å². The van der Waals surface area contributed by atoms with Crippen LogP contribution >= 0.6 is 28.3 Å². The lowest BCUT2D eigenvalue weighted by atomic mass is 10.3. The summed E-state index contributed by atoms with van der Waals surface area (Å²) in [7, 11) is -3.84. The van der Waals surface area contributed by atoms with E-state index in [1.165, 1.54) is 22.5 Å². The Morgan fingerprint density at radius 1 is 1.30 bits per heavy atom. The first-order valence-electron chi connectivity index (χ1n) is 5.58. The molecule has 1 saturated heterocycles. The number of nitro benzene ring substituents is 1. The molecule has 1 aliphatic rings. The number of halogens is 2. The lowest BCUT2D eigenvalue weighted by molar-refractivity contribution is -0.387. The molecular formula is C10H13BrClN3O4S. The van der Waals surface area contributed by atoms with E-state index in [2.05, 4.69) is 21.2 Å². The number of hydrogen-bond acceptors (Lipinski definition) is 5. The lowest BCUT2D eigenvalue weighted by Crippen LogP contribution is -2.46. The molecule has 1 fully saturated rings. The summed E-state index contributed by atoms with van der Waals surface area (Å²) in [5.74, 6) is 0. The maximum atomic E-state index is 12.4. The summed E-state index contributed by atoms with van der Waals surface area (Å²) >= 11 is 3.14. The zero-order valence-electron chi connectivity index (χ0n) is 10.3. The fourth-order valence-corrected chi connectivity index (χ4v) is 4.01. The zero-order valence-corrected chi connectivity index (χ0v) is 13.5. The average molecular weight is 387 g/mol. The minimum atomic E-state index is -3.84. The molecule has 0 aromatic heterocycles. The van der Waals surface area contributed by atoms with Gasteiger partial charge in [-0.15, -0.1) is 12.4 Å². The Morgan fingerprint density at radius 2 is 1.90 bits per heavy atom. The summed E-state index contributed by atoms with van der Waals surface area (Å²) in [6.45, 7) is 1.71. The standard InChI is InChI=1S/C10H12BrN3O4S.ClH/c11-8-1-2-9(14(15)16)10(7-8)19(17,18)13-5-3-12-4-6-13;/h1-2,7,12H,3-6H2;1H. The van der Waals surface area contributed by atoms with Gasteiger partial charge in [-0.2, -0.15) is 4.31 Å². The maximum absolute atomic E-state index is 12.4. The minimum absolute atomic E-state index is 0. The van der Waals surface area contributed by atoms with Crippen molar-refractivity contribution >= 4 is 44.0 Å². The highest BCUT2D eigenvalue weighted by Crippen LogP contribution is 2.29. The van der Waals surface area contributed by atoms with Crippen LogP contribution in [0, 0.1) is 10.1 Å². The molecule has 20 heavy (non-hydrogen) atoms. The molecular weight excluding hydrogens is 374 g/mol. The van der Waals surface area contributed by atoms with Crippen molar-refractivity contribution in [3.8, 4) is 0 Å². The van der Waals surface area contributed by atoms with Crippen LogP contribution in [0.3, 0.4) is 0 Å². The Kier molecular flexibility index (Phi) is 5.90. The van der Waals surface area contributed by atoms with E-state index >= 15 is 0 Å². The van der Waals surface area contributed by atoms with Gasteiger partial charge in [0.05, 0.1) is 4.92 Å². The largest absolute Gasteiger partial charge is 0.314 e. The molecule has 0 bridgehead atoms. The fraction of sp³-hybridized carbons (Fsp3) is 0.400. The van der Waals surface area contributed by atoms with Gasteiger partial charge in [-0.05, 0) is 12.1 Å². The van der Waals surface area contributed by atoms with Gasteiger partial charge in [-0.25, -0.2) is 8.42 Å². The zero-order chi connectivity index (χ0) is 14.0. The summed E-state index contributed by atoms with van der Waals surface area (Å²) in [5, 5.41) is 14.0.